The minimum Gasteiger partial charge on any atom is -0.465 e. The number of likely N-dealkylation sites (N-methyl/N-ethyl adjacent to an activating group) is 1. The molecule has 0 unspecified atom stereocenters. The number of rotatable bonds is 6. The molecule has 1 aromatic carbocycles. The molecule has 8 heteroatoms. The lowest BCUT2D eigenvalue weighted by Gasteiger charge is -2.24. The first-order chi connectivity index (χ1) is 13.8. The topological polar surface area (TPSA) is 88.2 Å². The maximum atomic E-state index is 12.5. The van der Waals surface area contributed by atoms with Crippen LogP contribution >= 0.6 is 0 Å². The quantitative estimate of drug-likeness (QED) is 0.732. The fourth-order valence-corrected chi connectivity index (χ4v) is 2.74. The zero-order chi connectivity index (χ0) is 21.6. The van der Waals surface area contributed by atoms with E-state index in [0.29, 0.717) is 11.4 Å². The third-order valence-corrected chi connectivity index (χ3v) is 4.12. The third kappa shape index (κ3) is 5.32. The molecule has 0 bridgehead atoms. The number of hydrogen-bond donors (Lipinski definition) is 1. The van der Waals surface area contributed by atoms with Crippen molar-refractivity contribution in [2.75, 3.05) is 45.1 Å². The molecule has 0 radical (unpaired) electrons. The average molecular weight is 399 g/mol. The summed E-state index contributed by atoms with van der Waals surface area (Å²) in [6, 6.07) is 5.33. The van der Waals surface area contributed by atoms with Gasteiger partial charge in [-0.1, -0.05) is 12.1 Å². The van der Waals surface area contributed by atoms with Crippen LogP contribution in [0, 0.1) is 6.92 Å². The molecule has 1 aromatic rings. The molecular formula is C21H25N3O5. The Morgan fingerprint density at radius 3 is 2.38 bits per heavy atom. The number of esters is 2. The van der Waals surface area contributed by atoms with Gasteiger partial charge in [-0.2, -0.15) is 0 Å². The first-order valence-corrected chi connectivity index (χ1v) is 8.88. The van der Waals surface area contributed by atoms with Gasteiger partial charge in [-0.3, -0.25) is 4.79 Å². The van der Waals surface area contributed by atoms with E-state index in [4.69, 9.17) is 9.47 Å². The van der Waals surface area contributed by atoms with Gasteiger partial charge in [0.1, 0.15) is 5.70 Å². The van der Waals surface area contributed by atoms with Crippen LogP contribution in [0.2, 0.25) is 0 Å². The summed E-state index contributed by atoms with van der Waals surface area (Å²) in [4.78, 5) is 40.2. The van der Waals surface area contributed by atoms with Gasteiger partial charge in [0.25, 0.3) is 0 Å². The molecule has 1 amide bonds. The van der Waals surface area contributed by atoms with E-state index in [1.807, 2.05) is 13.0 Å². The maximum Gasteiger partial charge on any atom is 0.355 e. The number of methoxy groups -OCH3 is 2. The lowest BCUT2D eigenvalue weighted by Crippen LogP contribution is -2.28. The lowest BCUT2D eigenvalue weighted by atomic mass is 10.1. The maximum absolute atomic E-state index is 12.5. The third-order valence-electron chi connectivity index (χ3n) is 4.12. The molecule has 0 spiro atoms. The molecule has 29 heavy (non-hydrogen) atoms. The summed E-state index contributed by atoms with van der Waals surface area (Å²) in [6.45, 7) is 2.10. The number of carbonyl (C=O) groups is 3. The van der Waals surface area contributed by atoms with E-state index in [1.54, 1.807) is 49.5 Å². The van der Waals surface area contributed by atoms with Crippen LogP contribution in [0.15, 0.2) is 53.9 Å². The number of nitrogens with zero attached hydrogens (tertiary/aromatic N) is 2. The molecule has 1 N–H and O–H groups in total. The van der Waals surface area contributed by atoms with Crippen molar-refractivity contribution in [2.45, 2.75) is 6.92 Å². The highest BCUT2D eigenvalue weighted by Gasteiger charge is 2.27. The summed E-state index contributed by atoms with van der Waals surface area (Å²) < 4.78 is 9.71. The number of anilines is 2. The highest BCUT2D eigenvalue weighted by Crippen LogP contribution is 2.30. The van der Waals surface area contributed by atoms with Crippen molar-refractivity contribution in [3.8, 4) is 0 Å². The van der Waals surface area contributed by atoms with E-state index in [-0.39, 0.29) is 23.7 Å². The van der Waals surface area contributed by atoms with Gasteiger partial charge >= 0.3 is 11.9 Å². The Kier molecular flexibility index (Phi) is 7.33. The van der Waals surface area contributed by atoms with Crippen molar-refractivity contribution in [1.82, 2.24) is 4.90 Å². The molecule has 0 aliphatic carbocycles. The van der Waals surface area contributed by atoms with Crippen LogP contribution < -0.4 is 10.2 Å². The Balaban J connectivity index is 2.53. The number of allylic oxidation sites excluding steroid dienone is 2. The number of amides is 1. The van der Waals surface area contributed by atoms with E-state index in [0.717, 1.165) is 5.56 Å². The molecule has 2 rings (SSSR count). The summed E-state index contributed by atoms with van der Waals surface area (Å²) in [5.41, 5.74) is 2.10. The minimum atomic E-state index is -0.694. The summed E-state index contributed by atoms with van der Waals surface area (Å²) in [6.07, 6.45) is 6.43. The molecule has 154 valence electrons. The first kappa shape index (κ1) is 21.9. The van der Waals surface area contributed by atoms with Gasteiger partial charge in [0.15, 0.2) is 0 Å². The number of nitrogens with one attached hydrogen (secondary N) is 1. The van der Waals surface area contributed by atoms with E-state index < -0.39 is 11.9 Å². The number of ether oxygens (including phenoxy) is 2. The van der Waals surface area contributed by atoms with Crippen LogP contribution in [0.1, 0.15) is 5.56 Å². The monoisotopic (exact) mass is 399 g/mol. The van der Waals surface area contributed by atoms with Gasteiger partial charge < -0.3 is 24.6 Å². The smallest absolute Gasteiger partial charge is 0.355 e. The molecule has 1 aliphatic heterocycles. The molecule has 1 aliphatic rings. The highest BCUT2D eigenvalue weighted by atomic mass is 16.5. The van der Waals surface area contributed by atoms with Gasteiger partial charge in [0.05, 0.1) is 26.3 Å². The van der Waals surface area contributed by atoms with Crippen molar-refractivity contribution in [2.24, 2.45) is 0 Å². The second kappa shape index (κ2) is 9.70. The van der Waals surface area contributed by atoms with Gasteiger partial charge in [0, 0.05) is 17.6 Å². The number of aryl methyl sites for hydroxylation is 1. The predicted molar refractivity (Wildman–Crippen MR) is 110 cm³/mol. The molecule has 0 saturated heterocycles. The fourth-order valence-electron chi connectivity index (χ4n) is 2.74. The minimum absolute atomic E-state index is 0.0128. The van der Waals surface area contributed by atoms with Gasteiger partial charge in [-0.05, 0) is 50.9 Å². The molecular weight excluding hydrogens is 374 g/mol. The first-order valence-electron chi connectivity index (χ1n) is 8.88. The van der Waals surface area contributed by atoms with Crippen LogP contribution in [-0.2, 0) is 23.9 Å². The largest absolute Gasteiger partial charge is 0.465 e. The zero-order valence-corrected chi connectivity index (χ0v) is 17.2. The number of benzene rings is 1. The Morgan fingerprint density at radius 2 is 1.76 bits per heavy atom. The molecule has 0 aromatic heterocycles. The molecule has 0 atom stereocenters. The van der Waals surface area contributed by atoms with Gasteiger partial charge in [-0.15, -0.1) is 0 Å². The van der Waals surface area contributed by atoms with Crippen molar-refractivity contribution in [1.29, 1.82) is 0 Å². The molecule has 0 saturated carbocycles. The standard InChI is InChI=1S/C21H25N3O5/c1-14-9-10-15(12-17(14)22-18(25)13-23(2)3)24-11-7-6-8-16(20(26)28-4)19(24)21(27)29-5/h6-12H,13H2,1-5H3,(H,22,25). The summed E-state index contributed by atoms with van der Waals surface area (Å²) in [5, 5.41) is 2.87. The lowest BCUT2D eigenvalue weighted by molar-refractivity contribution is -0.139. The van der Waals surface area contributed by atoms with Crippen molar-refractivity contribution in [3.05, 3.63) is 59.5 Å². The summed E-state index contributed by atoms with van der Waals surface area (Å²) in [5.74, 6) is -1.52. The fraction of sp³-hybridized carbons (Fsp3) is 0.286. The Hall–Kier alpha value is -3.39. The average Bonchev–Trinajstić information content (AvgIpc) is 2.90. The zero-order valence-electron chi connectivity index (χ0n) is 17.2. The normalized spacial score (nSPS) is 13.4. The predicted octanol–water partition coefficient (Wildman–Crippen LogP) is 1.99. The SMILES string of the molecule is COC(=O)C1=C(C(=O)OC)N(c2ccc(C)c(NC(=O)CN(C)C)c2)C=CC=C1. The van der Waals surface area contributed by atoms with E-state index in [2.05, 4.69) is 5.32 Å². The molecule has 0 fully saturated rings. The van der Waals surface area contributed by atoms with Gasteiger partial charge in [0.2, 0.25) is 5.91 Å². The Bertz CT molecular complexity index is 900. The van der Waals surface area contributed by atoms with Crippen LogP contribution in [-0.4, -0.2) is 57.6 Å². The Labute approximate surface area is 170 Å². The van der Waals surface area contributed by atoms with Crippen molar-refractivity contribution < 1.29 is 23.9 Å². The molecule has 8 nitrogen and oxygen atoms in total. The van der Waals surface area contributed by atoms with Crippen LogP contribution in [0.4, 0.5) is 11.4 Å². The second-order valence-corrected chi connectivity index (χ2v) is 6.60. The number of carbonyl (C=O) groups excluding carboxylic acids is 3. The summed E-state index contributed by atoms with van der Waals surface area (Å²) >= 11 is 0. The number of hydrogen-bond acceptors (Lipinski definition) is 7. The van der Waals surface area contributed by atoms with Gasteiger partial charge in [-0.25, -0.2) is 9.59 Å². The van der Waals surface area contributed by atoms with E-state index in [1.165, 1.54) is 25.2 Å². The van der Waals surface area contributed by atoms with Crippen LogP contribution in [0.5, 0.6) is 0 Å². The van der Waals surface area contributed by atoms with Crippen molar-refractivity contribution in [3.63, 3.8) is 0 Å². The second-order valence-electron chi connectivity index (χ2n) is 6.60. The Morgan fingerprint density at radius 1 is 1.07 bits per heavy atom. The van der Waals surface area contributed by atoms with E-state index >= 15 is 0 Å². The molecule has 1 heterocycles. The van der Waals surface area contributed by atoms with Crippen LogP contribution in [0.25, 0.3) is 0 Å². The van der Waals surface area contributed by atoms with E-state index in [9.17, 15) is 14.4 Å². The van der Waals surface area contributed by atoms with Crippen LogP contribution in [0.3, 0.4) is 0 Å². The highest BCUT2D eigenvalue weighted by molar-refractivity contribution is 6.05. The van der Waals surface area contributed by atoms with Crippen molar-refractivity contribution >= 4 is 29.2 Å². The summed E-state index contributed by atoms with van der Waals surface area (Å²) in [7, 11) is 6.09.